The molecule has 0 atom stereocenters. The van der Waals surface area contributed by atoms with Crippen molar-refractivity contribution in [3.05, 3.63) is 42.7 Å². The summed E-state index contributed by atoms with van der Waals surface area (Å²) in [5.41, 5.74) is 1.97. The zero-order chi connectivity index (χ0) is 12.8. The fraction of sp³-hybridized carbons (Fsp3) is 0.286. The minimum Gasteiger partial charge on any atom is -0.395 e. The van der Waals surface area contributed by atoms with E-state index in [2.05, 4.69) is 9.97 Å². The minimum atomic E-state index is 0.124. The minimum absolute atomic E-state index is 0.124. The maximum Gasteiger partial charge on any atom is 0.132 e. The predicted molar refractivity (Wildman–Crippen MR) is 72.4 cm³/mol. The first-order valence-corrected chi connectivity index (χ1v) is 6.08. The molecule has 1 heterocycles. The SMILES string of the molecule is CCN(CCO)c1cc(-c2ccccc2)ncn1. The molecular weight excluding hydrogens is 226 g/mol. The number of rotatable bonds is 5. The summed E-state index contributed by atoms with van der Waals surface area (Å²) in [5.74, 6) is 0.848. The summed E-state index contributed by atoms with van der Waals surface area (Å²) in [6, 6.07) is 12.0. The molecule has 0 radical (unpaired) electrons. The summed E-state index contributed by atoms with van der Waals surface area (Å²) in [5, 5.41) is 9.03. The molecule has 0 aliphatic heterocycles. The number of likely N-dealkylation sites (N-methyl/N-ethyl adjacent to an activating group) is 1. The van der Waals surface area contributed by atoms with Crippen molar-refractivity contribution in [1.82, 2.24) is 9.97 Å². The highest BCUT2D eigenvalue weighted by atomic mass is 16.3. The third kappa shape index (κ3) is 2.84. The van der Waals surface area contributed by atoms with Gasteiger partial charge in [0.25, 0.3) is 0 Å². The van der Waals surface area contributed by atoms with Crippen LogP contribution in [0.2, 0.25) is 0 Å². The quantitative estimate of drug-likeness (QED) is 0.872. The number of anilines is 1. The topological polar surface area (TPSA) is 49.2 Å². The molecule has 0 spiro atoms. The Morgan fingerprint density at radius 2 is 1.94 bits per heavy atom. The molecular formula is C14H17N3O. The first kappa shape index (κ1) is 12.5. The van der Waals surface area contributed by atoms with E-state index in [4.69, 9.17) is 5.11 Å². The Balaban J connectivity index is 2.30. The van der Waals surface area contributed by atoms with Crippen LogP contribution in [0.4, 0.5) is 5.82 Å². The van der Waals surface area contributed by atoms with Crippen LogP contribution in [0.3, 0.4) is 0 Å². The third-order valence-electron chi connectivity index (χ3n) is 2.80. The first-order chi connectivity index (χ1) is 8.85. The standard InChI is InChI=1S/C14H17N3O/c1-2-17(8-9-18)14-10-13(15-11-16-14)12-6-4-3-5-7-12/h3-7,10-11,18H,2,8-9H2,1H3. The molecule has 0 saturated heterocycles. The molecule has 94 valence electrons. The lowest BCUT2D eigenvalue weighted by Crippen LogP contribution is -2.27. The number of hydrogen-bond donors (Lipinski definition) is 1. The lowest BCUT2D eigenvalue weighted by molar-refractivity contribution is 0.302. The molecule has 2 rings (SSSR count). The summed E-state index contributed by atoms with van der Waals surface area (Å²) in [7, 11) is 0. The van der Waals surface area contributed by atoms with Gasteiger partial charge in [-0.15, -0.1) is 0 Å². The zero-order valence-corrected chi connectivity index (χ0v) is 10.5. The van der Waals surface area contributed by atoms with E-state index in [-0.39, 0.29) is 6.61 Å². The van der Waals surface area contributed by atoms with Gasteiger partial charge in [-0.2, -0.15) is 0 Å². The molecule has 0 bridgehead atoms. The molecule has 1 aromatic carbocycles. The third-order valence-corrected chi connectivity index (χ3v) is 2.80. The highest BCUT2D eigenvalue weighted by Gasteiger charge is 2.07. The summed E-state index contributed by atoms with van der Waals surface area (Å²) < 4.78 is 0. The monoisotopic (exact) mass is 243 g/mol. The fourth-order valence-corrected chi connectivity index (χ4v) is 1.84. The van der Waals surface area contributed by atoms with Crippen LogP contribution in [-0.4, -0.2) is 34.8 Å². The number of hydrogen-bond acceptors (Lipinski definition) is 4. The Kier molecular flexibility index (Phi) is 4.25. The lowest BCUT2D eigenvalue weighted by Gasteiger charge is -2.20. The van der Waals surface area contributed by atoms with Gasteiger partial charge < -0.3 is 10.0 Å². The molecule has 0 aliphatic rings. The van der Waals surface area contributed by atoms with Crippen LogP contribution in [0, 0.1) is 0 Å². The molecule has 1 aromatic heterocycles. The van der Waals surface area contributed by atoms with Crippen molar-refractivity contribution in [2.75, 3.05) is 24.6 Å². The van der Waals surface area contributed by atoms with Crippen molar-refractivity contribution >= 4 is 5.82 Å². The van der Waals surface area contributed by atoms with E-state index < -0.39 is 0 Å². The molecule has 0 aliphatic carbocycles. The van der Waals surface area contributed by atoms with E-state index in [1.54, 1.807) is 6.33 Å². The largest absolute Gasteiger partial charge is 0.395 e. The van der Waals surface area contributed by atoms with E-state index in [1.807, 2.05) is 48.2 Å². The van der Waals surface area contributed by atoms with Gasteiger partial charge in [0, 0.05) is 24.7 Å². The first-order valence-electron chi connectivity index (χ1n) is 6.08. The smallest absolute Gasteiger partial charge is 0.132 e. The van der Waals surface area contributed by atoms with Gasteiger partial charge in [0.05, 0.1) is 12.3 Å². The molecule has 18 heavy (non-hydrogen) atoms. The number of aromatic nitrogens is 2. The van der Waals surface area contributed by atoms with Crippen molar-refractivity contribution in [2.45, 2.75) is 6.92 Å². The lowest BCUT2D eigenvalue weighted by atomic mass is 10.1. The summed E-state index contributed by atoms with van der Waals surface area (Å²) in [4.78, 5) is 10.6. The van der Waals surface area contributed by atoms with Crippen molar-refractivity contribution in [3.8, 4) is 11.3 Å². The average Bonchev–Trinajstić information content (AvgIpc) is 2.46. The van der Waals surface area contributed by atoms with Crippen LogP contribution in [0.15, 0.2) is 42.7 Å². The van der Waals surface area contributed by atoms with Crippen LogP contribution < -0.4 is 4.90 Å². The summed E-state index contributed by atoms with van der Waals surface area (Å²) in [6.45, 7) is 3.56. The van der Waals surface area contributed by atoms with Crippen LogP contribution in [-0.2, 0) is 0 Å². The average molecular weight is 243 g/mol. The summed E-state index contributed by atoms with van der Waals surface area (Å²) in [6.07, 6.45) is 1.57. The number of aliphatic hydroxyl groups excluding tert-OH is 1. The van der Waals surface area contributed by atoms with Crippen molar-refractivity contribution in [1.29, 1.82) is 0 Å². The Bertz CT molecular complexity index is 487. The molecule has 4 nitrogen and oxygen atoms in total. The Morgan fingerprint density at radius 1 is 1.17 bits per heavy atom. The highest BCUT2D eigenvalue weighted by molar-refractivity contribution is 5.62. The number of benzene rings is 1. The molecule has 4 heteroatoms. The highest BCUT2D eigenvalue weighted by Crippen LogP contribution is 2.19. The van der Waals surface area contributed by atoms with Gasteiger partial charge in [0.2, 0.25) is 0 Å². The molecule has 0 amide bonds. The maximum absolute atomic E-state index is 9.03. The van der Waals surface area contributed by atoms with E-state index in [1.165, 1.54) is 0 Å². The molecule has 0 unspecified atom stereocenters. The molecule has 0 saturated carbocycles. The second kappa shape index (κ2) is 6.12. The normalized spacial score (nSPS) is 10.3. The van der Waals surface area contributed by atoms with Crippen LogP contribution >= 0.6 is 0 Å². The number of nitrogens with zero attached hydrogens (tertiary/aromatic N) is 3. The Labute approximate surface area is 107 Å². The fourth-order valence-electron chi connectivity index (χ4n) is 1.84. The van der Waals surface area contributed by atoms with Gasteiger partial charge in [-0.1, -0.05) is 30.3 Å². The van der Waals surface area contributed by atoms with Crippen LogP contribution in [0.5, 0.6) is 0 Å². The van der Waals surface area contributed by atoms with Gasteiger partial charge in [-0.3, -0.25) is 0 Å². The maximum atomic E-state index is 9.03. The Hall–Kier alpha value is -1.94. The van der Waals surface area contributed by atoms with Crippen LogP contribution in [0.25, 0.3) is 11.3 Å². The molecule has 1 N–H and O–H groups in total. The summed E-state index contributed by atoms with van der Waals surface area (Å²) >= 11 is 0. The second-order valence-electron chi connectivity index (χ2n) is 3.93. The zero-order valence-electron chi connectivity index (χ0n) is 10.5. The van der Waals surface area contributed by atoms with Gasteiger partial charge >= 0.3 is 0 Å². The van der Waals surface area contributed by atoms with Gasteiger partial charge in [-0.25, -0.2) is 9.97 Å². The van der Waals surface area contributed by atoms with Crippen molar-refractivity contribution in [3.63, 3.8) is 0 Å². The molecule has 2 aromatic rings. The van der Waals surface area contributed by atoms with Gasteiger partial charge in [0.15, 0.2) is 0 Å². The van der Waals surface area contributed by atoms with E-state index >= 15 is 0 Å². The van der Waals surface area contributed by atoms with E-state index in [0.29, 0.717) is 6.54 Å². The second-order valence-corrected chi connectivity index (χ2v) is 3.93. The van der Waals surface area contributed by atoms with Gasteiger partial charge in [0.1, 0.15) is 12.1 Å². The van der Waals surface area contributed by atoms with Gasteiger partial charge in [-0.05, 0) is 6.92 Å². The Morgan fingerprint density at radius 3 is 2.61 bits per heavy atom. The van der Waals surface area contributed by atoms with Crippen molar-refractivity contribution < 1.29 is 5.11 Å². The number of aliphatic hydroxyl groups is 1. The van der Waals surface area contributed by atoms with E-state index in [9.17, 15) is 0 Å². The predicted octanol–water partition coefficient (Wildman–Crippen LogP) is 1.96. The van der Waals surface area contributed by atoms with Crippen LogP contribution in [0.1, 0.15) is 6.92 Å². The van der Waals surface area contributed by atoms with Crippen molar-refractivity contribution in [2.24, 2.45) is 0 Å². The molecule has 0 fully saturated rings. The van der Waals surface area contributed by atoms with E-state index in [0.717, 1.165) is 23.6 Å².